The minimum Gasteiger partial charge on any atom is -0.469 e. The van der Waals surface area contributed by atoms with Gasteiger partial charge in [0.25, 0.3) is 0 Å². The van der Waals surface area contributed by atoms with Crippen LogP contribution in [0.2, 0.25) is 0 Å². The number of benzene rings is 1. The smallest absolute Gasteiger partial charge is 0.306 e. The molecule has 0 radical (unpaired) electrons. The van der Waals surface area contributed by atoms with E-state index >= 15 is 0 Å². The van der Waals surface area contributed by atoms with Crippen molar-refractivity contribution in [3.63, 3.8) is 0 Å². The van der Waals surface area contributed by atoms with E-state index in [4.69, 9.17) is 0 Å². The summed E-state index contributed by atoms with van der Waals surface area (Å²) in [6, 6.07) is 6.48. The van der Waals surface area contributed by atoms with Crippen LogP contribution in [-0.4, -0.2) is 18.8 Å². The summed E-state index contributed by atoms with van der Waals surface area (Å²) in [5.74, 6) is 0.987. The van der Waals surface area contributed by atoms with E-state index in [1.165, 1.54) is 19.2 Å². The predicted octanol–water partition coefficient (Wildman–Crippen LogP) is 2.62. The molecular formula is C11H13FO2S. The van der Waals surface area contributed by atoms with E-state index in [-0.39, 0.29) is 11.8 Å². The van der Waals surface area contributed by atoms with Crippen LogP contribution < -0.4 is 0 Å². The normalized spacial score (nSPS) is 10.0. The summed E-state index contributed by atoms with van der Waals surface area (Å²) >= 11 is 1.59. The maximum absolute atomic E-state index is 12.8. The van der Waals surface area contributed by atoms with Crippen LogP contribution in [0.25, 0.3) is 0 Å². The van der Waals surface area contributed by atoms with Gasteiger partial charge in [-0.15, -0.1) is 0 Å². The number of methoxy groups -OCH3 is 1. The SMILES string of the molecule is COC(=O)CCSCc1cccc(F)c1. The van der Waals surface area contributed by atoms with Gasteiger partial charge in [-0.3, -0.25) is 4.79 Å². The molecule has 0 fully saturated rings. The first kappa shape index (κ1) is 12.0. The number of esters is 1. The molecule has 0 amide bonds. The lowest BCUT2D eigenvalue weighted by Crippen LogP contribution is -2.01. The van der Waals surface area contributed by atoms with E-state index in [9.17, 15) is 9.18 Å². The van der Waals surface area contributed by atoms with E-state index in [2.05, 4.69) is 4.74 Å². The van der Waals surface area contributed by atoms with Crippen molar-refractivity contribution < 1.29 is 13.9 Å². The molecule has 0 aliphatic carbocycles. The van der Waals surface area contributed by atoms with Gasteiger partial charge in [-0.05, 0) is 17.7 Å². The number of carbonyl (C=O) groups excluding carboxylic acids is 1. The molecule has 0 unspecified atom stereocenters. The Labute approximate surface area is 92.8 Å². The molecular weight excluding hydrogens is 215 g/mol. The zero-order chi connectivity index (χ0) is 11.1. The lowest BCUT2D eigenvalue weighted by atomic mass is 10.2. The average Bonchev–Trinajstić information content (AvgIpc) is 2.24. The van der Waals surface area contributed by atoms with Crippen molar-refractivity contribution in [3.05, 3.63) is 35.6 Å². The second kappa shape index (κ2) is 6.45. The van der Waals surface area contributed by atoms with Crippen LogP contribution in [-0.2, 0) is 15.3 Å². The van der Waals surface area contributed by atoms with Gasteiger partial charge in [-0.25, -0.2) is 4.39 Å². The zero-order valence-corrected chi connectivity index (χ0v) is 9.35. The Morgan fingerprint density at radius 1 is 1.53 bits per heavy atom. The lowest BCUT2D eigenvalue weighted by Gasteiger charge is -2.01. The summed E-state index contributed by atoms with van der Waals surface area (Å²) in [6.45, 7) is 0. The van der Waals surface area contributed by atoms with Crippen molar-refractivity contribution in [1.29, 1.82) is 0 Å². The standard InChI is InChI=1S/C11H13FO2S/c1-14-11(13)5-6-15-8-9-3-2-4-10(12)7-9/h2-4,7H,5-6,8H2,1H3. The topological polar surface area (TPSA) is 26.3 Å². The first-order valence-corrected chi connectivity index (χ1v) is 5.77. The summed E-state index contributed by atoms with van der Waals surface area (Å²) in [7, 11) is 1.37. The van der Waals surface area contributed by atoms with E-state index < -0.39 is 0 Å². The van der Waals surface area contributed by atoms with Crippen molar-refractivity contribution in [2.45, 2.75) is 12.2 Å². The summed E-state index contributed by atoms with van der Waals surface area (Å²) in [6.07, 6.45) is 0.399. The van der Waals surface area contributed by atoms with E-state index in [0.29, 0.717) is 12.2 Å². The molecule has 82 valence electrons. The van der Waals surface area contributed by atoms with Crippen LogP contribution in [0.5, 0.6) is 0 Å². The van der Waals surface area contributed by atoms with Gasteiger partial charge in [0.05, 0.1) is 13.5 Å². The molecule has 0 saturated carbocycles. The van der Waals surface area contributed by atoms with E-state index in [1.807, 2.05) is 6.07 Å². The van der Waals surface area contributed by atoms with Crippen LogP contribution in [0.3, 0.4) is 0 Å². The maximum atomic E-state index is 12.8. The molecule has 0 heterocycles. The van der Waals surface area contributed by atoms with Crippen molar-refractivity contribution in [1.82, 2.24) is 0 Å². The third-order valence-corrected chi connectivity index (χ3v) is 2.87. The number of ether oxygens (including phenoxy) is 1. The fourth-order valence-corrected chi connectivity index (χ4v) is 1.94. The molecule has 4 heteroatoms. The number of hydrogen-bond donors (Lipinski definition) is 0. The Morgan fingerprint density at radius 2 is 2.33 bits per heavy atom. The Bertz CT molecular complexity index is 328. The molecule has 0 aromatic heterocycles. The zero-order valence-electron chi connectivity index (χ0n) is 8.53. The lowest BCUT2D eigenvalue weighted by molar-refractivity contribution is -0.140. The van der Waals surface area contributed by atoms with Crippen LogP contribution in [0, 0.1) is 5.82 Å². The highest BCUT2D eigenvalue weighted by Gasteiger charge is 2.00. The second-order valence-corrected chi connectivity index (χ2v) is 4.11. The van der Waals surface area contributed by atoms with Gasteiger partial charge in [-0.1, -0.05) is 12.1 Å². The van der Waals surface area contributed by atoms with Crippen LogP contribution in [0.1, 0.15) is 12.0 Å². The largest absolute Gasteiger partial charge is 0.469 e. The number of carbonyl (C=O) groups is 1. The monoisotopic (exact) mass is 228 g/mol. The van der Waals surface area contributed by atoms with Crippen molar-refractivity contribution in [3.8, 4) is 0 Å². The summed E-state index contributed by atoms with van der Waals surface area (Å²) in [5.41, 5.74) is 0.935. The van der Waals surface area contributed by atoms with E-state index in [1.54, 1.807) is 17.8 Å². The van der Waals surface area contributed by atoms with Gasteiger partial charge in [0.15, 0.2) is 0 Å². The first-order valence-electron chi connectivity index (χ1n) is 4.61. The van der Waals surface area contributed by atoms with Crippen molar-refractivity contribution in [2.75, 3.05) is 12.9 Å². The Balaban J connectivity index is 2.23. The molecule has 15 heavy (non-hydrogen) atoms. The van der Waals surface area contributed by atoms with Crippen molar-refractivity contribution >= 4 is 17.7 Å². The highest BCUT2D eigenvalue weighted by atomic mass is 32.2. The number of hydrogen-bond acceptors (Lipinski definition) is 3. The van der Waals surface area contributed by atoms with Gasteiger partial charge in [0, 0.05) is 11.5 Å². The average molecular weight is 228 g/mol. The Morgan fingerprint density at radius 3 is 3.00 bits per heavy atom. The van der Waals surface area contributed by atoms with Crippen LogP contribution in [0.4, 0.5) is 4.39 Å². The van der Waals surface area contributed by atoms with Gasteiger partial charge in [0.1, 0.15) is 5.82 Å². The minimum atomic E-state index is -0.221. The third-order valence-electron chi connectivity index (χ3n) is 1.84. The minimum absolute atomic E-state index is 0.207. The fraction of sp³-hybridized carbons (Fsp3) is 0.364. The molecule has 0 atom stereocenters. The molecule has 1 rings (SSSR count). The molecule has 0 aliphatic heterocycles. The Hall–Kier alpha value is -1.03. The highest BCUT2D eigenvalue weighted by Crippen LogP contribution is 2.14. The first-order chi connectivity index (χ1) is 7.22. The number of thioether (sulfide) groups is 1. The highest BCUT2D eigenvalue weighted by molar-refractivity contribution is 7.98. The molecule has 1 aromatic carbocycles. The molecule has 0 bridgehead atoms. The molecule has 0 spiro atoms. The maximum Gasteiger partial charge on any atom is 0.306 e. The fourth-order valence-electron chi connectivity index (χ4n) is 1.07. The quantitative estimate of drug-likeness (QED) is 0.572. The Kier molecular flexibility index (Phi) is 5.18. The molecule has 0 saturated heterocycles. The van der Waals surface area contributed by atoms with Crippen LogP contribution in [0.15, 0.2) is 24.3 Å². The third kappa shape index (κ3) is 4.83. The summed E-state index contributed by atoms with van der Waals surface area (Å²) in [4.78, 5) is 10.8. The van der Waals surface area contributed by atoms with E-state index in [0.717, 1.165) is 11.3 Å². The number of halogens is 1. The second-order valence-electron chi connectivity index (χ2n) is 3.01. The van der Waals surface area contributed by atoms with Gasteiger partial charge >= 0.3 is 5.97 Å². The van der Waals surface area contributed by atoms with Crippen molar-refractivity contribution in [2.24, 2.45) is 0 Å². The van der Waals surface area contributed by atoms with Gasteiger partial charge in [0.2, 0.25) is 0 Å². The van der Waals surface area contributed by atoms with Crippen LogP contribution >= 0.6 is 11.8 Å². The summed E-state index contributed by atoms with van der Waals surface area (Å²) < 4.78 is 17.3. The van der Waals surface area contributed by atoms with Gasteiger partial charge < -0.3 is 4.74 Å². The predicted molar refractivity (Wildman–Crippen MR) is 59.2 cm³/mol. The molecule has 0 aliphatic rings. The van der Waals surface area contributed by atoms with Gasteiger partial charge in [-0.2, -0.15) is 11.8 Å². The molecule has 0 N–H and O–H groups in total. The number of rotatable bonds is 5. The molecule has 1 aromatic rings. The summed E-state index contributed by atoms with van der Waals surface area (Å²) in [5, 5.41) is 0. The molecule has 2 nitrogen and oxygen atoms in total.